The Bertz CT molecular complexity index is 756. The van der Waals surface area contributed by atoms with Crippen LogP contribution in [0.25, 0.3) is 0 Å². The molecule has 0 bridgehead atoms. The van der Waals surface area contributed by atoms with Crippen LogP contribution < -0.4 is 16.0 Å². The van der Waals surface area contributed by atoms with Gasteiger partial charge in [-0.2, -0.15) is 13.2 Å². The van der Waals surface area contributed by atoms with Crippen molar-refractivity contribution in [3.8, 4) is 0 Å². The largest absolute Gasteiger partial charge is 0.469 e. The van der Waals surface area contributed by atoms with Gasteiger partial charge in [-0.1, -0.05) is 0 Å². The van der Waals surface area contributed by atoms with Crippen LogP contribution >= 0.6 is 0 Å². The van der Waals surface area contributed by atoms with Gasteiger partial charge in [-0.3, -0.25) is 9.79 Å². The molecule has 0 atom stereocenters. The van der Waals surface area contributed by atoms with E-state index < -0.39 is 17.6 Å². The second kappa shape index (κ2) is 10.4. The highest BCUT2D eigenvalue weighted by Crippen LogP contribution is 2.28. The fourth-order valence-electron chi connectivity index (χ4n) is 2.34. The summed E-state index contributed by atoms with van der Waals surface area (Å²) in [6.45, 7) is 3.88. The number of alkyl halides is 3. The molecule has 1 heterocycles. The lowest BCUT2D eigenvalue weighted by Gasteiger charge is -2.12. The van der Waals surface area contributed by atoms with E-state index in [0.29, 0.717) is 38.6 Å². The van der Waals surface area contributed by atoms with Gasteiger partial charge in [-0.15, -0.1) is 0 Å². The van der Waals surface area contributed by atoms with E-state index >= 15 is 0 Å². The quantitative estimate of drug-likeness (QED) is 0.364. The van der Waals surface area contributed by atoms with Crippen molar-refractivity contribution in [1.29, 1.82) is 0 Å². The van der Waals surface area contributed by atoms with Gasteiger partial charge >= 0.3 is 6.18 Å². The van der Waals surface area contributed by atoms with Gasteiger partial charge in [0.15, 0.2) is 5.96 Å². The van der Waals surface area contributed by atoms with Gasteiger partial charge in [0.1, 0.15) is 5.76 Å². The van der Waals surface area contributed by atoms with Gasteiger partial charge in [0.25, 0.3) is 5.91 Å². The maximum Gasteiger partial charge on any atom is 0.416 e. The third kappa shape index (κ3) is 6.98. The third-order valence-electron chi connectivity index (χ3n) is 3.73. The van der Waals surface area contributed by atoms with Gasteiger partial charge in [0.05, 0.1) is 11.8 Å². The zero-order valence-electron chi connectivity index (χ0n) is 15.5. The van der Waals surface area contributed by atoms with Crippen LogP contribution in [0.4, 0.5) is 13.2 Å². The molecule has 2 aromatic rings. The third-order valence-corrected chi connectivity index (χ3v) is 3.73. The highest BCUT2D eigenvalue weighted by atomic mass is 19.4. The van der Waals surface area contributed by atoms with E-state index in [2.05, 4.69) is 20.9 Å². The first-order valence-corrected chi connectivity index (χ1v) is 8.90. The van der Waals surface area contributed by atoms with Crippen LogP contribution in [0.15, 0.2) is 52.1 Å². The number of hydrogen-bond donors (Lipinski definition) is 3. The minimum atomic E-state index is -4.42. The normalized spacial score (nSPS) is 11.9. The molecule has 3 N–H and O–H groups in total. The number of furan rings is 1. The maximum absolute atomic E-state index is 12.5. The molecular weight excluding hydrogens is 373 g/mol. The molecule has 152 valence electrons. The summed E-state index contributed by atoms with van der Waals surface area (Å²) in [5.74, 6) is 1.02. The highest BCUT2D eigenvalue weighted by Gasteiger charge is 2.30. The lowest BCUT2D eigenvalue weighted by Crippen LogP contribution is -2.41. The van der Waals surface area contributed by atoms with Crippen molar-refractivity contribution in [2.75, 3.05) is 26.2 Å². The van der Waals surface area contributed by atoms with Crippen LogP contribution in [-0.2, 0) is 12.6 Å². The molecule has 28 heavy (non-hydrogen) atoms. The molecule has 0 aliphatic heterocycles. The number of rotatable bonds is 8. The predicted molar refractivity (Wildman–Crippen MR) is 100 cm³/mol. The number of halogens is 3. The molecule has 1 aromatic heterocycles. The van der Waals surface area contributed by atoms with E-state index in [1.54, 1.807) is 6.26 Å². The molecule has 0 saturated carbocycles. The van der Waals surface area contributed by atoms with Crippen molar-refractivity contribution in [3.05, 3.63) is 59.5 Å². The van der Waals surface area contributed by atoms with Crippen molar-refractivity contribution in [1.82, 2.24) is 16.0 Å². The van der Waals surface area contributed by atoms with E-state index in [0.717, 1.165) is 30.0 Å². The molecule has 0 fully saturated rings. The number of carbonyl (C=O) groups is 1. The van der Waals surface area contributed by atoms with Crippen molar-refractivity contribution < 1.29 is 22.4 Å². The summed E-state index contributed by atoms with van der Waals surface area (Å²) < 4.78 is 42.9. The van der Waals surface area contributed by atoms with Gasteiger partial charge in [0.2, 0.25) is 0 Å². The number of nitrogens with zero attached hydrogens (tertiary/aromatic N) is 1. The Morgan fingerprint density at radius 2 is 1.79 bits per heavy atom. The molecule has 0 unspecified atom stereocenters. The molecule has 1 amide bonds. The minimum Gasteiger partial charge on any atom is -0.469 e. The topological polar surface area (TPSA) is 78.7 Å². The fraction of sp³-hybridized carbons (Fsp3) is 0.368. The molecule has 2 rings (SSSR count). The van der Waals surface area contributed by atoms with E-state index in [9.17, 15) is 18.0 Å². The molecule has 0 aliphatic rings. The van der Waals surface area contributed by atoms with Crippen molar-refractivity contribution in [3.63, 3.8) is 0 Å². The first-order valence-electron chi connectivity index (χ1n) is 8.90. The van der Waals surface area contributed by atoms with Crippen LogP contribution in [0.2, 0.25) is 0 Å². The Hall–Kier alpha value is -2.97. The van der Waals surface area contributed by atoms with E-state index in [1.165, 1.54) is 0 Å². The standard InChI is InChI=1S/C19H23F3N4O2/c1-2-23-18(25-10-9-16-4-3-13-28-16)26-12-11-24-17(27)14-5-7-15(8-6-14)19(20,21)22/h3-8,13H,2,9-12H2,1H3,(H,24,27)(H2,23,25,26). The van der Waals surface area contributed by atoms with Gasteiger partial charge in [-0.25, -0.2) is 0 Å². The Labute approximate surface area is 161 Å². The Morgan fingerprint density at radius 1 is 1.07 bits per heavy atom. The number of benzene rings is 1. The number of nitrogens with one attached hydrogen (secondary N) is 3. The summed E-state index contributed by atoms with van der Waals surface area (Å²) in [6.07, 6.45) is -2.13. The minimum absolute atomic E-state index is 0.173. The molecule has 9 heteroatoms. The van der Waals surface area contributed by atoms with Crippen LogP contribution in [0.1, 0.15) is 28.6 Å². The van der Waals surface area contributed by atoms with E-state index in [-0.39, 0.29) is 5.56 Å². The first kappa shape index (κ1) is 21.3. The molecule has 1 aromatic carbocycles. The fourth-order valence-corrected chi connectivity index (χ4v) is 2.34. The Balaban J connectivity index is 1.75. The Kier molecular flexibility index (Phi) is 7.91. The van der Waals surface area contributed by atoms with E-state index in [1.807, 2.05) is 19.1 Å². The van der Waals surface area contributed by atoms with Gasteiger partial charge in [0, 0.05) is 38.2 Å². The smallest absolute Gasteiger partial charge is 0.416 e. The summed E-state index contributed by atoms with van der Waals surface area (Å²) in [7, 11) is 0. The molecular formula is C19H23F3N4O2. The predicted octanol–water partition coefficient (Wildman–Crippen LogP) is 2.83. The van der Waals surface area contributed by atoms with Crippen molar-refractivity contribution in [2.45, 2.75) is 19.5 Å². The zero-order valence-corrected chi connectivity index (χ0v) is 15.5. The summed E-state index contributed by atoms with van der Waals surface area (Å²) in [5.41, 5.74) is -0.612. The van der Waals surface area contributed by atoms with Crippen LogP contribution in [0.3, 0.4) is 0 Å². The summed E-state index contributed by atoms with van der Waals surface area (Å²) in [5, 5.41) is 8.83. The van der Waals surface area contributed by atoms with Gasteiger partial charge < -0.3 is 20.4 Å². The average molecular weight is 396 g/mol. The monoisotopic (exact) mass is 396 g/mol. The number of guanidine groups is 1. The summed E-state index contributed by atoms with van der Waals surface area (Å²) >= 11 is 0. The number of hydrogen-bond acceptors (Lipinski definition) is 3. The first-order chi connectivity index (χ1) is 13.4. The number of aliphatic imine (C=N–C) groups is 1. The lowest BCUT2D eigenvalue weighted by molar-refractivity contribution is -0.137. The SMILES string of the molecule is CCNC(=NCCc1ccco1)NCCNC(=O)c1ccc(C(F)(F)F)cc1. The zero-order chi connectivity index (χ0) is 20.4. The van der Waals surface area contributed by atoms with Crippen LogP contribution in [0, 0.1) is 0 Å². The lowest BCUT2D eigenvalue weighted by atomic mass is 10.1. The van der Waals surface area contributed by atoms with E-state index in [4.69, 9.17) is 4.42 Å². The average Bonchev–Trinajstić information content (AvgIpc) is 3.18. The summed E-state index contributed by atoms with van der Waals surface area (Å²) in [6, 6.07) is 7.80. The number of amides is 1. The molecule has 0 aliphatic carbocycles. The van der Waals surface area contributed by atoms with Crippen molar-refractivity contribution in [2.24, 2.45) is 4.99 Å². The van der Waals surface area contributed by atoms with Gasteiger partial charge in [-0.05, 0) is 43.3 Å². The second-order valence-corrected chi connectivity index (χ2v) is 5.85. The highest BCUT2D eigenvalue weighted by molar-refractivity contribution is 5.94. The second-order valence-electron chi connectivity index (χ2n) is 5.85. The van der Waals surface area contributed by atoms with Crippen LogP contribution in [-0.4, -0.2) is 38.0 Å². The maximum atomic E-state index is 12.5. The molecule has 0 saturated heterocycles. The summed E-state index contributed by atoms with van der Waals surface area (Å²) in [4.78, 5) is 16.4. The Morgan fingerprint density at radius 3 is 2.39 bits per heavy atom. The number of carbonyl (C=O) groups excluding carboxylic acids is 1. The van der Waals surface area contributed by atoms with Crippen molar-refractivity contribution >= 4 is 11.9 Å². The van der Waals surface area contributed by atoms with Crippen LogP contribution in [0.5, 0.6) is 0 Å². The molecule has 0 spiro atoms. The molecule has 6 nitrogen and oxygen atoms in total. The molecule has 0 radical (unpaired) electrons.